The molecule has 3 N–H and O–H groups in total. The Morgan fingerprint density at radius 3 is 2.67 bits per heavy atom. The smallest absolute Gasteiger partial charge is 0.312 e. The summed E-state index contributed by atoms with van der Waals surface area (Å²) in [5.74, 6) is 2.01. The molecule has 8 nitrogen and oxygen atoms in total. The molecule has 2 fully saturated rings. The van der Waals surface area contributed by atoms with Crippen molar-refractivity contribution in [3.63, 3.8) is 0 Å². The fourth-order valence-corrected chi connectivity index (χ4v) is 6.15. The minimum absolute atomic E-state index is 0.153. The van der Waals surface area contributed by atoms with Crippen molar-refractivity contribution in [1.82, 2.24) is 20.2 Å². The first-order valence-electron chi connectivity index (χ1n) is 11.1. The Bertz CT molecular complexity index is 918. The first-order chi connectivity index (χ1) is 14.7. The Labute approximate surface area is 180 Å². The Balaban J connectivity index is 1.46. The van der Waals surface area contributed by atoms with Crippen LogP contribution < -0.4 is 16.0 Å². The molecule has 0 spiro atoms. The van der Waals surface area contributed by atoms with Crippen LogP contribution in [-0.4, -0.2) is 66.3 Å². The van der Waals surface area contributed by atoms with Crippen molar-refractivity contribution in [2.24, 2.45) is 5.73 Å². The van der Waals surface area contributed by atoms with Gasteiger partial charge in [-0.05, 0) is 44.1 Å². The Kier molecular flexibility index (Phi) is 5.75. The molecule has 9 heteroatoms. The molecule has 2 aromatic heterocycles. The van der Waals surface area contributed by atoms with Gasteiger partial charge in [0.15, 0.2) is 0 Å². The number of hydrogen-bond donors (Lipinski definition) is 2. The average Bonchev–Trinajstić information content (AvgIpc) is 3.12. The van der Waals surface area contributed by atoms with E-state index in [2.05, 4.69) is 15.1 Å². The fourth-order valence-electron chi connectivity index (χ4n) is 4.88. The lowest BCUT2D eigenvalue weighted by Crippen LogP contribution is -2.46. The van der Waals surface area contributed by atoms with Crippen LogP contribution in [0.5, 0.6) is 0 Å². The molecule has 2 aliphatic heterocycles. The third kappa shape index (κ3) is 4.10. The number of nitrogens with two attached hydrogens (primary N) is 1. The number of piperidine rings is 1. The Morgan fingerprint density at radius 1 is 1.13 bits per heavy atom. The highest BCUT2D eigenvalue weighted by Crippen LogP contribution is 2.40. The fraction of sp³-hybridized carbons (Fsp3) is 0.667. The molecule has 5 rings (SSSR count). The van der Waals surface area contributed by atoms with Gasteiger partial charge >= 0.3 is 6.03 Å². The number of thiophene rings is 1. The molecular formula is C21H30N6O2S. The molecule has 30 heavy (non-hydrogen) atoms. The molecule has 0 atom stereocenters. The number of nitrogens with zero attached hydrogens (tertiary/aromatic N) is 4. The normalized spacial score (nSPS) is 21.0. The molecule has 2 saturated heterocycles. The third-order valence-electron chi connectivity index (χ3n) is 6.45. The van der Waals surface area contributed by atoms with Crippen LogP contribution in [0.4, 0.5) is 10.6 Å². The van der Waals surface area contributed by atoms with Crippen molar-refractivity contribution in [3.8, 4) is 0 Å². The standard InChI is InChI=1S/C21H30N6O2S/c22-21(28)23-14-5-7-27(8-6-14)19-18-15-3-1-2-4-16(15)30-20(18)25-17(24-19)13-26-9-11-29-12-10-26/h14H,1-13H2,(H3,22,23,28). The van der Waals surface area contributed by atoms with E-state index in [9.17, 15) is 4.79 Å². The van der Waals surface area contributed by atoms with Gasteiger partial charge in [0.1, 0.15) is 16.5 Å². The summed E-state index contributed by atoms with van der Waals surface area (Å²) in [4.78, 5) is 28.8. The summed E-state index contributed by atoms with van der Waals surface area (Å²) in [5.41, 5.74) is 6.80. The van der Waals surface area contributed by atoms with Crippen molar-refractivity contribution in [1.29, 1.82) is 0 Å². The van der Waals surface area contributed by atoms with Gasteiger partial charge in [-0.3, -0.25) is 4.90 Å². The van der Waals surface area contributed by atoms with E-state index in [1.807, 2.05) is 11.3 Å². The van der Waals surface area contributed by atoms with E-state index in [1.54, 1.807) is 0 Å². The van der Waals surface area contributed by atoms with Gasteiger partial charge in [0.2, 0.25) is 0 Å². The van der Waals surface area contributed by atoms with Crippen molar-refractivity contribution >= 4 is 33.4 Å². The predicted octanol–water partition coefficient (Wildman–Crippen LogP) is 2.04. The quantitative estimate of drug-likeness (QED) is 0.771. The van der Waals surface area contributed by atoms with Gasteiger partial charge in [-0.1, -0.05) is 0 Å². The highest BCUT2D eigenvalue weighted by atomic mass is 32.1. The molecule has 3 aliphatic rings. The van der Waals surface area contributed by atoms with Crippen LogP contribution in [0.15, 0.2) is 0 Å². The largest absolute Gasteiger partial charge is 0.379 e. The van der Waals surface area contributed by atoms with Crippen LogP contribution in [0.3, 0.4) is 0 Å². The number of carbonyl (C=O) groups is 1. The topological polar surface area (TPSA) is 96.6 Å². The van der Waals surface area contributed by atoms with Gasteiger partial charge in [0.25, 0.3) is 0 Å². The van der Waals surface area contributed by atoms with Crippen LogP contribution in [0.2, 0.25) is 0 Å². The Hall–Kier alpha value is -1.97. The number of carbonyl (C=O) groups excluding carboxylic acids is 1. The molecule has 0 aromatic carbocycles. The molecule has 162 valence electrons. The van der Waals surface area contributed by atoms with Crippen molar-refractivity contribution in [3.05, 3.63) is 16.3 Å². The van der Waals surface area contributed by atoms with Gasteiger partial charge in [-0.25, -0.2) is 14.8 Å². The zero-order valence-corrected chi connectivity index (χ0v) is 18.2. The zero-order chi connectivity index (χ0) is 20.5. The summed E-state index contributed by atoms with van der Waals surface area (Å²) in [6, 6.07) is -0.280. The lowest BCUT2D eigenvalue weighted by molar-refractivity contribution is 0.0331. The number of urea groups is 1. The number of nitrogens with one attached hydrogen (secondary N) is 1. The average molecular weight is 431 g/mol. The summed E-state index contributed by atoms with van der Waals surface area (Å²) in [7, 11) is 0. The summed E-state index contributed by atoms with van der Waals surface area (Å²) in [5, 5.41) is 4.14. The number of amides is 2. The van der Waals surface area contributed by atoms with E-state index in [4.69, 9.17) is 20.4 Å². The number of rotatable bonds is 4. The molecular weight excluding hydrogens is 400 g/mol. The minimum atomic E-state index is -0.433. The molecule has 0 bridgehead atoms. The van der Waals surface area contributed by atoms with Crippen LogP contribution in [0.1, 0.15) is 41.9 Å². The second kappa shape index (κ2) is 8.64. The van der Waals surface area contributed by atoms with Crippen LogP contribution in [-0.2, 0) is 24.1 Å². The lowest BCUT2D eigenvalue weighted by atomic mass is 9.96. The van der Waals surface area contributed by atoms with Crippen LogP contribution in [0.25, 0.3) is 10.2 Å². The van der Waals surface area contributed by atoms with Gasteiger partial charge in [0, 0.05) is 37.1 Å². The summed E-state index contributed by atoms with van der Waals surface area (Å²) in [6.07, 6.45) is 6.60. The highest BCUT2D eigenvalue weighted by Gasteiger charge is 2.27. The van der Waals surface area contributed by atoms with E-state index in [1.165, 1.54) is 35.1 Å². The van der Waals surface area contributed by atoms with Gasteiger partial charge < -0.3 is 20.7 Å². The lowest BCUT2D eigenvalue weighted by Gasteiger charge is -2.34. The zero-order valence-electron chi connectivity index (χ0n) is 17.4. The van der Waals surface area contributed by atoms with Crippen LogP contribution >= 0.6 is 11.3 Å². The summed E-state index contributed by atoms with van der Waals surface area (Å²) < 4.78 is 5.49. The maximum absolute atomic E-state index is 11.2. The highest BCUT2D eigenvalue weighted by molar-refractivity contribution is 7.19. The SMILES string of the molecule is NC(=O)NC1CCN(c2nc(CN3CCOCC3)nc3sc4c(c23)CCCC4)CC1. The molecule has 2 amide bonds. The summed E-state index contributed by atoms with van der Waals surface area (Å²) >= 11 is 1.87. The van der Waals surface area contributed by atoms with Gasteiger partial charge in [-0.15, -0.1) is 11.3 Å². The number of primary amides is 1. The van der Waals surface area contributed by atoms with Gasteiger partial charge in [-0.2, -0.15) is 0 Å². The number of morpholine rings is 1. The van der Waals surface area contributed by atoms with Crippen molar-refractivity contribution in [2.75, 3.05) is 44.3 Å². The molecule has 0 radical (unpaired) electrons. The first-order valence-corrected chi connectivity index (χ1v) is 11.9. The molecule has 2 aromatic rings. The minimum Gasteiger partial charge on any atom is -0.379 e. The number of aromatic nitrogens is 2. The van der Waals surface area contributed by atoms with Crippen LogP contribution in [0, 0.1) is 0 Å². The number of hydrogen-bond acceptors (Lipinski definition) is 7. The van der Waals surface area contributed by atoms with E-state index in [0.29, 0.717) is 0 Å². The second-order valence-electron chi connectivity index (χ2n) is 8.51. The monoisotopic (exact) mass is 430 g/mol. The molecule has 0 saturated carbocycles. The van der Waals surface area contributed by atoms with Crippen molar-refractivity contribution in [2.45, 2.75) is 51.1 Å². The maximum atomic E-state index is 11.2. The van der Waals surface area contributed by atoms with E-state index in [-0.39, 0.29) is 6.04 Å². The molecule has 0 unspecified atom stereocenters. The van der Waals surface area contributed by atoms with E-state index in [0.717, 1.165) is 81.7 Å². The number of fused-ring (bicyclic) bond motifs is 3. The third-order valence-corrected chi connectivity index (χ3v) is 7.64. The molecule has 1 aliphatic carbocycles. The van der Waals surface area contributed by atoms with Crippen molar-refractivity contribution < 1.29 is 9.53 Å². The van der Waals surface area contributed by atoms with E-state index < -0.39 is 6.03 Å². The predicted molar refractivity (Wildman–Crippen MR) is 118 cm³/mol. The second-order valence-corrected chi connectivity index (χ2v) is 9.60. The van der Waals surface area contributed by atoms with Gasteiger partial charge in [0.05, 0.1) is 25.1 Å². The number of ether oxygens (including phenoxy) is 1. The Morgan fingerprint density at radius 2 is 1.90 bits per heavy atom. The molecule has 4 heterocycles. The number of aryl methyl sites for hydroxylation is 2. The number of anilines is 1. The van der Waals surface area contributed by atoms with E-state index >= 15 is 0 Å². The maximum Gasteiger partial charge on any atom is 0.312 e. The summed E-state index contributed by atoms with van der Waals surface area (Å²) in [6.45, 7) is 5.95. The first kappa shape index (κ1) is 20.0.